The van der Waals surface area contributed by atoms with Crippen LogP contribution in [0.25, 0.3) is 0 Å². The summed E-state index contributed by atoms with van der Waals surface area (Å²) in [5.41, 5.74) is 0. The maximum absolute atomic E-state index is 4.40. The fourth-order valence-electron chi connectivity index (χ4n) is 2.10. The summed E-state index contributed by atoms with van der Waals surface area (Å²) in [6.45, 7) is 8.69. The summed E-state index contributed by atoms with van der Waals surface area (Å²) in [4.78, 5) is 4.40. The summed E-state index contributed by atoms with van der Waals surface area (Å²) < 4.78 is 2.23. The van der Waals surface area contributed by atoms with Crippen molar-refractivity contribution in [3.05, 3.63) is 18.2 Å². The molecule has 0 radical (unpaired) electrons. The van der Waals surface area contributed by atoms with Crippen LogP contribution in [0.15, 0.2) is 12.4 Å². The van der Waals surface area contributed by atoms with E-state index in [1.807, 2.05) is 6.20 Å². The minimum Gasteiger partial charge on any atom is -0.335 e. The second-order valence-electron chi connectivity index (χ2n) is 4.18. The number of hydrogen-bond acceptors (Lipinski definition) is 2. The minimum absolute atomic E-state index is 0.676. The van der Waals surface area contributed by atoms with Crippen LogP contribution in [0.3, 0.4) is 0 Å². The largest absolute Gasteiger partial charge is 0.335 e. The van der Waals surface area contributed by atoms with Crippen LogP contribution < -0.4 is 5.32 Å². The second kappa shape index (κ2) is 7.44. The SMILES string of the molecule is CCNC(CC)CCCc1nccn1CC. The molecule has 3 heteroatoms. The average molecular weight is 223 g/mol. The Labute approximate surface area is 99.3 Å². The molecular formula is C13H25N3. The molecule has 3 nitrogen and oxygen atoms in total. The maximum Gasteiger partial charge on any atom is 0.108 e. The molecule has 0 saturated carbocycles. The Balaban J connectivity index is 2.29. The van der Waals surface area contributed by atoms with Crippen molar-refractivity contribution in [2.24, 2.45) is 0 Å². The van der Waals surface area contributed by atoms with Crippen LogP contribution in [-0.4, -0.2) is 22.1 Å². The molecular weight excluding hydrogens is 198 g/mol. The lowest BCUT2D eigenvalue weighted by molar-refractivity contribution is 0.462. The predicted molar refractivity (Wildman–Crippen MR) is 68.6 cm³/mol. The molecule has 0 spiro atoms. The fourth-order valence-corrected chi connectivity index (χ4v) is 2.10. The van der Waals surface area contributed by atoms with Crippen molar-refractivity contribution in [1.82, 2.24) is 14.9 Å². The molecule has 0 aromatic carbocycles. The highest BCUT2D eigenvalue weighted by molar-refractivity contribution is 4.92. The molecule has 1 N–H and O–H groups in total. The normalized spacial score (nSPS) is 12.9. The number of rotatable bonds is 8. The van der Waals surface area contributed by atoms with Gasteiger partial charge in [0.1, 0.15) is 5.82 Å². The first-order chi connectivity index (χ1) is 7.81. The highest BCUT2D eigenvalue weighted by atomic mass is 15.0. The first-order valence-electron chi connectivity index (χ1n) is 6.55. The summed E-state index contributed by atoms with van der Waals surface area (Å²) in [6, 6.07) is 0.676. The summed E-state index contributed by atoms with van der Waals surface area (Å²) in [5.74, 6) is 1.23. The highest BCUT2D eigenvalue weighted by Gasteiger charge is 2.06. The molecule has 0 amide bonds. The van der Waals surface area contributed by atoms with E-state index in [-0.39, 0.29) is 0 Å². The molecule has 0 aliphatic rings. The van der Waals surface area contributed by atoms with E-state index in [1.165, 1.54) is 25.1 Å². The molecule has 0 aliphatic heterocycles. The lowest BCUT2D eigenvalue weighted by atomic mass is 10.1. The van der Waals surface area contributed by atoms with E-state index in [0.717, 1.165) is 19.5 Å². The van der Waals surface area contributed by atoms with Gasteiger partial charge in [-0.05, 0) is 32.7 Å². The van der Waals surface area contributed by atoms with Crippen molar-refractivity contribution in [2.75, 3.05) is 6.54 Å². The molecule has 0 saturated heterocycles. The third-order valence-corrected chi connectivity index (χ3v) is 3.08. The van der Waals surface area contributed by atoms with E-state index in [1.54, 1.807) is 0 Å². The average Bonchev–Trinajstić information content (AvgIpc) is 2.75. The van der Waals surface area contributed by atoms with E-state index >= 15 is 0 Å². The van der Waals surface area contributed by atoms with Crippen LogP contribution in [-0.2, 0) is 13.0 Å². The highest BCUT2D eigenvalue weighted by Crippen LogP contribution is 2.07. The molecule has 16 heavy (non-hydrogen) atoms. The van der Waals surface area contributed by atoms with Gasteiger partial charge >= 0.3 is 0 Å². The molecule has 0 aliphatic carbocycles. The first-order valence-corrected chi connectivity index (χ1v) is 6.55. The lowest BCUT2D eigenvalue weighted by Crippen LogP contribution is -2.28. The van der Waals surface area contributed by atoms with Gasteiger partial charge in [-0.3, -0.25) is 0 Å². The molecule has 1 aromatic rings. The Morgan fingerprint density at radius 1 is 1.38 bits per heavy atom. The van der Waals surface area contributed by atoms with E-state index in [9.17, 15) is 0 Å². The molecule has 1 rings (SSSR count). The number of aromatic nitrogens is 2. The zero-order chi connectivity index (χ0) is 11.8. The van der Waals surface area contributed by atoms with Gasteiger partial charge in [-0.25, -0.2) is 4.98 Å². The van der Waals surface area contributed by atoms with E-state index in [0.29, 0.717) is 6.04 Å². The van der Waals surface area contributed by atoms with Crippen LogP contribution in [0.1, 0.15) is 45.9 Å². The van der Waals surface area contributed by atoms with Crippen LogP contribution in [0.4, 0.5) is 0 Å². The molecule has 0 bridgehead atoms. The summed E-state index contributed by atoms with van der Waals surface area (Å²) in [5, 5.41) is 3.51. The van der Waals surface area contributed by atoms with Crippen molar-refractivity contribution in [3.63, 3.8) is 0 Å². The van der Waals surface area contributed by atoms with Gasteiger partial charge in [0, 0.05) is 31.4 Å². The van der Waals surface area contributed by atoms with E-state index in [4.69, 9.17) is 0 Å². The Hall–Kier alpha value is -0.830. The van der Waals surface area contributed by atoms with Gasteiger partial charge in [0.25, 0.3) is 0 Å². The molecule has 1 unspecified atom stereocenters. The van der Waals surface area contributed by atoms with Crippen LogP contribution >= 0.6 is 0 Å². The lowest BCUT2D eigenvalue weighted by Gasteiger charge is -2.15. The second-order valence-corrected chi connectivity index (χ2v) is 4.18. The topological polar surface area (TPSA) is 29.9 Å². The van der Waals surface area contributed by atoms with E-state index < -0.39 is 0 Å². The van der Waals surface area contributed by atoms with Crippen molar-refractivity contribution in [1.29, 1.82) is 0 Å². The molecule has 92 valence electrons. The fraction of sp³-hybridized carbons (Fsp3) is 0.769. The standard InChI is InChI=1S/C13H25N3/c1-4-12(14-5-2)8-7-9-13-15-10-11-16(13)6-3/h10-12,14H,4-9H2,1-3H3. The van der Waals surface area contributed by atoms with Crippen LogP contribution in [0, 0.1) is 0 Å². The van der Waals surface area contributed by atoms with Gasteiger partial charge < -0.3 is 9.88 Å². The minimum atomic E-state index is 0.676. The smallest absolute Gasteiger partial charge is 0.108 e. The monoisotopic (exact) mass is 223 g/mol. The Morgan fingerprint density at radius 2 is 2.19 bits per heavy atom. The third kappa shape index (κ3) is 3.97. The van der Waals surface area contributed by atoms with Crippen molar-refractivity contribution >= 4 is 0 Å². The maximum atomic E-state index is 4.40. The zero-order valence-electron chi connectivity index (χ0n) is 10.9. The molecule has 0 fully saturated rings. The number of nitrogens with one attached hydrogen (secondary N) is 1. The van der Waals surface area contributed by atoms with Crippen molar-refractivity contribution < 1.29 is 0 Å². The van der Waals surface area contributed by atoms with Gasteiger partial charge in [0.05, 0.1) is 0 Å². The van der Waals surface area contributed by atoms with Crippen molar-refractivity contribution in [2.45, 2.75) is 59.0 Å². The number of imidazole rings is 1. The summed E-state index contributed by atoms with van der Waals surface area (Å²) in [7, 11) is 0. The van der Waals surface area contributed by atoms with Crippen LogP contribution in [0.2, 0.25) is 0 Å². The zero-order valence-corrected chi connectivity index (χ0v) is 10.9. The number of aryl methyl sites for hydroxylation is 2. The quantitative estimate of drug-likeness (QED) is 0.734. The van der Waals surface area contributed by atoms with Gasteiger partial charge in [-0.15, -0.1) is 0 Å². The summed E-state index contributed by atoms with van der Waals surface area (Å²) in [6.07, 6.45) is 8.76. The summed E-state index contributed by atoms with van der Waals surface area (Å²) >= 11 is 0. The van der Waals surface area contributed by atoms with Gasteiger partial charge in [0.15, 0.2) is 0 Å². The Morgan fingerprint density at radius 3 is 2.81 bits per heavy atom. The molecule has 1 heterocycles. The van der Waals surface area contributed by atoms with Crippen LogP contribution in [0.5, 0.6) is 0 Å². The van der Waals surface area contributed by atoms with Gasteiger partial charge in [-0.2, -0.15) is 0 Å². The van der Waals surface area contributed by atoms with Gasteiger partial charge in [0.2, 0.25) is 0 Å². The number of nitrogens with zero attached hydrogens (tertiary/aromatic N) is 2. The third-order valence-electron chi connectivity index (χ3n) is 3.08. The molecule has 1 aromatic heterocycles. The number of hydrogen-bond donors (Lipinski definition) is 1. The molecule has 1 atom stereocenters. The Bertz CT molecular complexity index is 280. The first kappa shape index (κ1) is 13.2. The van der Waals surface area contributed by atoms with E-state index in [2.05, 4.69) is 41.8 Å². The Kier molecular flexibility index (Phi) is 6.16. The predicted octanol–water partition coefficient (Wildman–Crippen LogP) is 2.61. The van der Waals surface area contributed by atoms with Crippen molar-refractivity contribution in [3.8, 4) is 0 Å². The van der Waals surface area contributed by atoms with Gasteiger partial charge in [-0.1, -0.05) is 13.8 Å².